The molecule has 29 heavy (non-hydrogen) atoms. The van der Waals surface area contributed by atoms with Crippen LogP contribution in [0.15, 0.2) is 97.1 Å². The van der Waals surface area contributed by atoms with E-state index in [0.29, 0.717) is 11.5 Å². The van der Waals surface area contributed by atoms with Crippen LogP contribution in [0.2, 0.25) is 0 Å². The normalized spacial score (nSPS) is 10.5. The molecule has 0 aliphatic carbocycles. The number of rotatable bonds is 6. The molecule has 0 heterocycles. The van der Waals surface area contributed by atoms with Gasteiger partial charge in [-0.2, -0.15) is 0 Å². The predicted octanol–water partition coefficient (Wildman–Crippen LogP) is 6.27. The molecule has 0 atom stereocenters. The Morgan fingerprint density at radius 2 is 0.690 bits per heavy atom. The molecule has 0 spiro atoms. The molecule has 4 rings (SSSR count). The van der Waals surface area contributed by atoms with Crippen molar-refractivity contribution in [3.8, 4) is 34.5 Å². The molecule has 0 fully saturated rings. The Kier molecular flexibility index (Phi) is 5.34. The summed E-state index contributed by atoms with van der Waals surface area (Å²) in [4.78, 5) is 0. The second-order valence-corrected chi connectivity index (χ2v) is 6.66. The molecule has 0 saturated carbocycles. The van der Waals surface area contributed by atoms with E-state index in [-0.39, 0.29) is 11.5 Å². The summed E-state index contributed by atoms with van der Waals surface area (Å²) < 4.78 is 11.5. The molecule has 0 bridgehead atoms. The van der Waals surface area contributed by atoms with Gasteiger partial charge in [0.1, 0.15) is 34.5 Å². The fourth-order valence-corrected chi connectivity index (χ4v) is 2.89. The highest BCUT2D eigenvalue weighted by atomic mass is 16.5. The second kappa shape index (κ2) is 8.40. The SMILES string of the molecule is Oc1ccc(Oc2ccc(Cc3ccc(Oc4ccc(O)cc4)cc3)cc2)cc1. The Hall–Kier alpha value is -3.92. The molecule has 0 unspecified atom stereocenters. The van der Waals surface area contributed by atoms with E-state index in [0.717, 1.165) is 17.9 Å². The number of hydrogen-bond acceptors (Lipinski definition) is 4. The van der Waals surface area contributed by atoms with Gasteiger partial charge < -0.3 is 19.7 Å². The maximum atomic E-state index is 9.33. The zero-order valence-corrected chi connectivity index (χ0v) is 15.7. The van der Waals surface area contributed by atoms with Gasteiger partial charge in [-0.25, -0.2) is 0 Å². The van der Waals surface area contributed by atoms with E-state index in [9.17, 15) is 10.2 Å². The summed E-state index contributed by atoms with van der Waals surface area (Å²) in [6, 6.07) is 29.2. The molecule has 0 saturated heterocycles. The minimum Gasteiger partial charge on any atom is -0.508 e. The number of benzene rings is 4. The molecule has 0 amide bonds. The van der Waals surface area contributed by atoms with Crippen molar-refractivity contribution in [3.05, 3.63) is 108 Å². The third-order valence-electron chi connectivity index (χ3n) is 4.40. The highest BCUT2D eigenvalue weighted by molar-refractivity contribution is 5.39. The van der Waals surface area contributed by atoms with Gasteiger partial charge in [0.25, 0.3) is 0 Å². The van der Waals surface area contributed by atoms with Gasteiger partial charge in [0.15, 0.2) is 0 Å². The van der Waals surface area contributed by atoms with E-state index in [1.165, 1.54) is 11.1 Å². The first kappa shape index (κ1) is 18.4. The molecular weight excluding hydrogens is 364 g/mol. The first-order valence-corrected chi connectivity index (χ1v) is 9.26. The molecule has 4 nitrogen and oxygen atoms in total. The quantitative estimate of drug-likeness (QED) is 0.411. The monoisotopic (exact) mass is 384 g/mol. The number of phenols is 2. The van der Waals surface area contributed by atoms with Gasteiger partial charge >= 0.3 is 0 Å². The average Bonchev–Trinajstić information content (AvgIpc) is 2.74. The molecule has 0 aliphatic heterocycles. The van der Waals surface area contributed by atoms with Crippen molar-refractivity contribution >= 4 is 0 Å². The molecule has 0 aliphatic rings. The van der Waals surface area contributed by atoms with Crippen molar-refractivity contribution in [2.24, 2.45) is 0 Å². The van der Waals surface area contributed by atoms with Crippen molar-refractivity contribution in [2.45, 2.75) is 6.42 Å². The van der Waals surface area contributed by atoms with Crippen molar-refractivity contribution in [3.63, 3.8) is 0 Å². The molecule has 2 N–H and O–H groups in total. The lowest BCUT2D eigenvalue weighted by Crippen LogP contribution is -1.90. The van der Waals surface area contributed by atoms with Crippen LogP contribution in [0.4, 0.5) is 0 Å². The van der Waals surface area contributed by atoms with Gasteiger partial charge in [-0.15, -0.1) is 0 Å². The largest absolute Gasteiger partial charge is 0.508 e. The molecular formula is C25H20O4. The van der Waals surface area contributed by atoms with Gasteiger partial charge in [-0.1, -0.05) is 24.3 Å². The van der Waals surface area contributed by atoms with Crippen molar-refractivity contribution in [2.75, 3.05) is 0 Å². The third kappa shape index (κ3) is 5.08. The van der Waals surface area contributed by atoms with E-state index < -0.39 is 0 Å². The van der Waals surface area contributed by atoms with Crippen LogP contribution < -0.4 is 9.47 Å². The summed E-state index contributed by atoms with van der Waals surface area (Å²) in [7, 11) is 0. The first-order chi connectivity index (χ1) is 14.1. The molecule has 144 valence electrons. The average molecular weight is 384 g/mol. The lowest BCUT2D eigenvalue weighted by Gasteiger charge is -2.09. The number of aromatic hydroxyl groups is 2. The van der Waals surface area contributed by atoms with Gasteiger partial charge in [-0.05, 0) is 90.3 Å². The highest BCUT2D eigenvalue weighted by Crippen LogP contribution is 2.26. The standard InChI is InChI=1S/C25H20O4/c26-20-5-13-24(14-6-20)28-22-9-1-18(2-10-22)17-19-3-11-23(12-4-19)29-25-15-7-21(27)8-16-25/h1-16,26-27H,17H2. The topological polar surface area (TPSA) is 58.9 Å². The van der Waals surface area contributed by atoms with Gasteiger partial charge in [-0.3, -0.25) is 0 Å². The number of hydrogen-bond donors (Lipinski definition) is 2. The zero-order valence-electron chi connectivity index (χ0n) is 15.7. The lowest BCUT2D eigenvalue weighted by atomic mass is 10.0. The number of phenolic OH excluding ortho intramolecular Hbond substituents is 2. The summed E-state index contributed by atoms with van der Waals surface area (Å²) >= 11 is 0. The van der Waals surface area contributed by atoms with Gasteiger partial charge in [0, 0.05) is 0 Å². The van der Waals surface area contributed by atoms with Crippen molar-refractivity contribution < 1.29 is 19.7 Å². The van der Waals surface area contributed by atoms with Gasteiger partial charge in [0.05, 0.1) is 0 Å². The molecule has 4 heteroatoms. The first-order valence-electron chi connectivity index (χ1n) is 9.26. The van der Waals surface area contributed by atoms with Crippen LogP contribution >= 0.6 is 0 Å². The lowest BCUT2D eigenvalue weighted by molar-refractivity contribution is 0.464. The van der Waals surface area contributed by atoms with Crippen LogP contribution in [0.5, 0.6) is 34.5 Å². The Balaban J connectivity index is 1.36. The zero-order chi connectivity index (χ0) is 20.1. The fourth-order valence-electron chi connectivity index (χ4n) is 2.89. The maximum Gasteiger partial charge on any atom is 0.127 e. The summed E-state index contributed by atoms with van der Waals surface area (Å²) in [6.07, 6.45) is 0.805. The van der Waals surface area contributed by atoms with Crippen LogP contribution in [0.3, 0.4) is 0 Å². The summed E-state index contributed by atoms with van der Waals surface area (Å²) in [6.45, 7) is 0. The Morgan fingerprint density at radius 3 is 1.00 bits per heavy atom. The van der Waals surface area contributed by atoms with Crippen molar-refractivity contribution in [1.82, 2.24) is 0 Å². The van der Waals surface area contributed by atoms with E-state index in [1.54, 1.807) is 48.5 Å². The minimum absolute atomic E-state index is 0.215. The summed E-state index contributed by atoms with van der Waals surface area (Å²) in [5.74, 6) is 3.29. The molecule has 4 aromatic carbocycles. The second-order valence-electron chi connectivity index (χ2n) is 6.66. The summed E-state index contributed by atoms with van der Waals surface area (Å²) in [5, 5.41) is 18.7. The maximum absolute atomic E-state index is 9.33. The predicted molar refractivity (Wildman–Crippen MR) is 112 cm³/mol. The highest BCUT2D eigenvalue weighted by Gasteiger charge is 2.02. The van der Waals surface area contributed by atoms with E-state index in [2.05, 4.69) is 0 Å². The van der Waals surface area contributed by atoms with Crippen LogP contribution in [0, 0.1) is 0 Å². The molecule has 0 radical (unpaired) electrons. The van der Waals surface area contributed by atoms with Crippen LogP contribution in [0.25, 0.3) is 0 Å². The smallest absolute Gasteiger partial charge is 0.127 e. The van der Waals surface area contributed by atoms with Crippen LogP contribution in [0.1, 0.15) is 11.1 Å². The minimum atomic E-state index is 0.215. The molecule has 0 aromatic heterocycles. The summed E-state index contributed by atoms with van der Waals surface area (Å²) in [5.41, 5.74) is 2.35. The Labute approximate surface area is 169 Å². The number of ether oxygens (including phenoxy) is 2. The van der Waals surface area contributed by atoms with E-state index >= 15 is 0 Å². The Bertz CT molecular complexity index is 963. The van der Waals surface area contributed by atoms with Crippen LogP contribution in [-0.4, -0.2) is 10.2 Å². The van der Waals surface area contributed by atoms with E-state index in [1.807, 2.05) is 48.5 Å². The van der Waals surface area contributed by atoms with Crippen molar-refractivity contribution in [1.29, 1.82) is 0 Å². The fraction of sp³-hybridized carbons (Fsp3) is 0.0400. The van der Waals surface area contributed by atoms with E-state index in [4.69, 9.17) is 9.47 Å². The van der Waals surface area contributed by atoms with Crippen LogP contribution in [-0.2, 0) is 6.42 Å². The molecule has 4 aromatic rings. The van der Waals surface area contributed by atoms with Gasteiger partial charge in [0.2, 0.25) is 0 Å². The third-order valence-corrected chi connectivity index (χ3v) is 4.40. The Morgan fingerprint density at radius 1 is 0.414 bits per heavy atom.